The van der Waals surface area contributed by atoms with E-state index in [1.807, 2.05) is 12.1 Å². The van der Waals surface area contributed by atoms with Gasteiger partial charge in [0.2, 0.25) is 5.91 Å². The summed E-state index contributed by atoms with van der Waals surface area (Å²) in [5.41, 5.74) is 0.938. The third kappa shape index (κ3) is 8.22. The molecular formula is C19H29N3O2. The molecular weight excluding hydrogens is 302 g/mol. The van der Waals surface area contributed by atoms with E-state index in [2.05, 4.69) is 15.2 Å². The second-order valence-electron chi connectivity index (χ2n) is 6.13. The number of hydrogen-bond donors (Lipinski definition) is 1. The molecule has 0 unspecified atom stereocenters. The molecule has 1 aromatic heterocycles. The lowest BCUT2D eigenvalue weighted by atomic mass is 10.1. The maximum atomic E-state index is 11.7. The van der Waals surface area contributed by atoms with E-state index in [4.69, 9.17) is 4.74 Å². The Morgan fingerprint density at radius 1 is 1.21 bits per heavy atom. The van der Waals surface area contributed by atoms with Gasteiger partial charge in [0.05, 0.1) is 13.2 Å². The minimum absolute atomic E-state index is 0.0360. The summed E-state index contributed by atoms with van der Waals surface area (Å²) in [6, 6.07) is 3.78. The topological polar surface area (TPSA) is 54.5 Å². The summed E-state index contributed by atoms with van der Waals surface area (Å²) in [7, 11) is 0. The molecule has 0 aliphatic carbocycles. The number of unbranched alkanes of at least 4 members (excludes halogenated alkanes) is 4. The van der Waals surface area contributed by atoms with Crippen molar-refractivity contribution in [2.75, 3.05) is 39.4 Å². The molecule has 0 spiro atoms. The first kappa shape index (κ1) is 18.6. The van der Waals surface area contributed by atoms with Gasteiger partial charge in [-0.1, -0.05) is 25.3 Å². The highest BCUT2D eigenvalue weighted by atomic mass is 16.5. The van der Waals surface area contributed by atoms with E-state index in [0.717, 1.165) is 44.8 Å². The van der Waals surface area contributed by atoms with E-state index in [-0.39, 0.29) is 5.91 Å². The largest absolute Gasteiger partial charge is 0.379 e. The van der Waals surface area contributed by atoms with Crippen molar-refractivity contribution in [1.82, 2.24) is 15.2 Å². The van der Waals surface area contributed by atoms with Crippen LogP contribution in [0.5, 0.6) is 0 Å². The van der Waals surface area contributed by atoms with Gasteiger partial charge < -0.3 is 10.1 Å². The molecule has 5 nitrogen and oxygen atoms in total. The lowest BCUT2D eigenvalue weighted by Crippen LogP contribution is -2.36. The van der Waals surface area contributed by atoms with Gasteiger partial charge in [0, 0.05) is 38.1 Å². The number of nitrogens with one attached hydrogen (secondary N) is 1. The third-order valence-corrected chi connectivity index (χ3v) is 4.17. The van der Waals surface area contributed by atoms with E-state index in [1.165, 1.54) is 32.2 Å². The van der Waals surface area contributed by atoms with E-state index in [0.29, 0.717) is 0 Å². The van der Waals surface area contributed by atoms with Crippen molar-refractivity contribution in [3.05, 3.63) is 36.2 Å². The molecule has 0 saturated carbocycles. The Labute approximate surface area is 145 Å². The number of hydrogen-bond acceptors (Lipinski definition) is 4. The summed E-state index contributed by atoms with van der Waals surface area (Å²) < 4.78 is 5.35. The van der Waals surface area contributed by atoms with Crippen molar-refractivity contribution >= 4 is 12.0 Å². The van der Waals surface area contributed by atoms with Gasteiger partial charge in [-0.25, -0.2) is 0 Å². The van der Waals surface area contributed by atoms with E-state index in [9.17, 15) is 4.79 Å². The van der Waals surface area contributed by atoms with E-state index in [1.54, 1.807) is 24.5 Å². The minimum Gasteiger partial charge on any atom is -0.379 e. The highest BCUT2D eigenvalue weighted by molar-refractivity contribution is 5.91. The number of carbonyl (C=O) groups is 1. The van der Waals surface area contributed by atoms with Gasteiger partial charge in [-0.2, -0.15) is 0 Å². The van der Waals surface area contributed by atoms with Crippen LogP contribution < -0.4 is 5.32 Å². The van der Waals surface area contributed by atoms with Crippen LogP contribution in [0.4, 0.5) is 0 Å². The Balaban J connectivity index is 1.42. The van der Waals surface area contributed by atoms with Gasteiger partial charge in [-0.3, -0.25) is 14.7 Å². The van der Waals surface area contributed by atoms with Gasteiger partial charge >= 0.3 is 0 Å². The second kappa shape index (κ2) is 11.8. The molecule has 2 rings (SSSR count). The number of ether oxygens (including phenoxy) is 1. The number of morpholine rings is 1. The van der Waals surface area contributed by atoms with Crippen LogP contribution in [0.1, 0.15) is 37.7 Å². The Bertz CT molecular complexity index is 485. The van der Waals surface area contributed by atoms with Crippen LogP contribution in [0.3, 0.4) is 0 Å². The van der Waals surface area contributed by atoms with Crippen molar-refractivity contribution in [3.63, 3.8) is 0 Å². The van der Waals surface area contributed by atoms with Crippen LogP contribution in [-0.2, 0) is 9.53 Å². The summed E-state index contributed by atoms with van der Waals surface area (Å²) in [4.78, 5) is 18.2. The number of aromatic nitrogens is 1. The monoisotopic (exact) mass is 331 g/mol. The molecule has 0 atom stereocenters. The number of rotatable bonds is 10. The zero-order valence-corrected chi connectivity index (χ0v) is 14.5. The smallest absolute Gasteiger partial charge is 0.243 e. The Morgan fingerprint density at radius 3 is 2.79 bits per heavy atom. The fourth-order valence-electron chi connectivity index (χ4n) is 2.73. The van der Waals surface area contributed by atoms with Crippen LogP contribution in [-0.4, -0.2) is 55.2 Å². The first-order valence-electron chi connectivity index (χ1n) is 9.00. The quantitative estimate of drug-likeness (QED) is 0.529. The van der Waals surface area contributed by atoms with Gasteiger partial charge in [0.25, 0.3) is 0 Å². The van der Waals surface area contributed by atoms with Crippen LogP contribution in [0, 0.1) is 0 Å². The number of nitrogens with zero attached hydrogens (tertiary/aromatic N) is 2. The Morgan fingerprint density at radius 2 is 2.00 bits per heavy atom. The van der Waals surface area contributed by atoms with Gasteiger partial charge in [-0.05, 0) is 37.1 Å². The zero-order valence-electron chi connectivity index (χ0n) is 14.5. The summed E-state index contributed by atoms with van der Waals surface area (Å²) in [5.74, 6) is -0.0360. The third-order valence-electron chi connectivity index (χ3n) is 4.17. The highest BCUT2D eigenvalue weighted by Crippen LogP contribution is 2.05. The first-order chi connectivity index (χ1) is 11.8. The molecule has 1 N–H and O–H groups in total. The zero-order chi connectivity index (χ0) is 16.9. The van der Waals surface area contributed by atoms with Crippen LogP contribution in [0.2, 0.25) is 0 Å². The molecule has 1 aromatic rings. The normalized spacial score (nSPS) is 15.7. The summed E-state index contributed by atoms with van der Waals surface area (Å²) in [5, 5.41) is 2.93. The SMILES string of the molecule is O=C(C=Cc1cccnc1)NCCCCCCCN1CCOCC1. The summed E-state index contributed by atoms with van der Waals surface area (Å²) in [6.45, 7) is 5.87. The van der Waals surface area contributed by atoms with Crippen LogP contribution >= 0.6 is 0 Å². The molecule has 2 heterocycles. The molecule has 5 heteroatoms. The van der Waals surface area contributed by atoms with Crippen molar-refractivity contribution in [3.8, 4) is 0 Å². The first-order valence-corrected chi connectivity index (χ1v) is 9.00. The molecule has 1 amide bonds. The van der Waals surface area contributed by atoms with Gasteiger partial charge in [0.15, 0.2) is 0 Å². The number of carbonyl (C=O) groups excluding carboxylic acids is 1. The predicted octanol–water partition coefficient (Wildman–Crippen LogP) is 2.49. The number of amides is 1. The molecule has 0 bridgehead atoms. The molecule has 1 fully saturated rings. The average Bonchev–Trinajstić information content (AvgIpc) is 2.64. The molecule has 0 aromatic carbocycles. The molecule has 0 radical (unpaired) electrons. The molecule has 1 aliphatic rings. The van der Waals surface area contributed by atoms with Gasteiger partial charge in [0.1, 0.15) is 0 Å². The predicted molar refractivity (Wildman–Crippen MR) is 96.6 cm³/mol. The van der Waals surface area contributed by atoms with E-state index >= 15 is 0 Å². The van der Waals surface area contributed by atoms with E-state index < -0.39 is 0 Å². The second-order valence-corrected chi connectivity index (χ2v) is 6.13. The van der Waals surface area contributed by atoms with Crippen molar-refractivity contribution < 1.29 is 9.53 Å². The lowest BCUT2D eigenvalue weighted by Gasteiger charge is -2.26. The lowest BCUT2D eigenvalue weighted by molar-refractivity contribution is -0.116. The highest BCUT2D eigenvalue weighted by Gasteiger charge is 2.08. The van der Waals surface area contributed by atoms with Crippen molar-refractivity contribution in [1.29, 1.82) is 0 Å². The summed E-state index contributed by atoms with van der Waals surface area (Å²) >= 11 is 0. The fraction of sp³-hybridized carbons (Fsp3) is 0.579. The van der Waals surface area contributed by atoms with Crippen molar-refractivity contribution in [2.24, 2.45) is 0 Å². The van der Waals surface area contributed by atoms with Crippen LogP contribution in [0.15, 0.2) is 30.6 Å². The average molecular weight is 331 g/mol. The molecule has 24 heavy (non-hydrogen) atoms. The van der Waals surface area contributed by atoms with Crippen molar-refractivity contribution in [2.45, 2.75) is 32.1 Å². The fourth-order valence-corrected chi connectivity index (χ4v) is 2.73. The Kier molecular flexibility index (Phi) is 9.12. The number of pyridine rings is 1. The molecule has 1 aliphatic heterocycles. The maximum Gasteiger partial charge on any atom is 0.243 e. The molecule has 132 valence electrons. The standard InChI is InChI=1S/C19H29N3O2/c23-19(9-8-18-7-6-10-20-17-18)21-11-4-2-1-3-5-12-22-13-15-24-16-14-22/h6-10,17H,1-5,11-16H2,(H,21,23). The Hall–Kier alpha value is -1.72. The summed E-state index contributed by atoms with van der Waals surface area (Å²) in [6.07, 6.45) is 12.8. The minimum atomic E-state index is -0.0360. The maximum absolute atomic E-state index is 11.7. The van der Waals surface area contributed by atoms with Crippen LogP contribution in [0.25, 0.3) is 6.08 Å². The van der Waals surface area contributed by atoms with Gasteiger partial charge in [-0.15, -0.1) is 0 Å². The molecule has 1 saturated heterocycles.